The Hall–Kier alpha value is -1.84. The van der Waals surface area contributed by atoms with Crippen molar-refractivity contribution in [1.29, 1.82) is 0 Å². The molecular formula is C27H40O4. The Morgan fingerprint density at radius 3 is 1.87 bits per heavy atom. The van der Waals surface area contributed by atoms with Crippen molar-refractivity contribution in [2.24, 2.45) is 11.3 Å². The van der Waals surface area contributed by atoms with Crippen LogP contribution in [0.15, 0.2) is 0 Å². The van der Waals surface area contributed by atoms with Crippen molar-refractivity contribution < 1.29 is 19.1 Å². The predicted octanol–water partition coefficient (Wildman–Crippen LogP) is 6.63. The highest BCUT2D eigenvalue weighted by Gasteiger charge is 2.36. The largest absolute Gasteiger partial charge is 0.457 e. The van der Waals surface area contributed by atoms with Gasteiger partial charge in [0.1, 0.15) is 12.2 Å². The van der Waals surface area contributed by atoms with E-state index in [4.69, 9.17) is 9.47 Å². The smallest absolute Gasteiger partial charge is 0.312 e. The molecule has 0 aromatic heterocycles. The topological polar surface area (TPSA) is 52.6 Å². The molecule has 1 aromatic carbocycles. The molecule has 0 fully saturated rings. The van der Waals surface area contributed by atoms with Gasteiger partial charge in [-0.3, -0.25) is 9.59 Å². The lowest BCUT2D eigenvalue weighted by Gasteiger charge is -2.36. The molecule has 4 nitrogen and oxygen atoms in total. The number of rotatable bonds is 6. The maximum Gasteiger partial charge on any atom is 0.312 e. The van der Waals surface area contributed by atoms with Crippen LogP contribution in [0.2, 0.25) is 0 Å². The first-order chi connectivity index (χ1) is 14.6. The third-order valence-electron chi connectivity index (χ3n) is 7.75. The second-order valence-corrected chi connectivity index (χ2v) is 10.2. The van der Waals surface area contributed by atoms with Gasteiger partial charge in [-0.1, -0.05) is 20.8 Å². The highest BCUT2D eigenvalue weighted by atomic mass is 16.5. The maximum atomic E-state index is 12.8. The molecule has 0 spiro atoms. The van der Waals surface area contributed by atoms with Gasteiger partial charge in [0.2, 0.25) is 0 Å². The number of benzene rings is 1. The molecule has 0 aliphatic heterocycles. The van der Waals surface area contributed by atoms with E-state index < -0.39 is 5.41 Å². The van der Waals surface area contributed by atoms with Crippen LogP contribution in [0.4, 0.5) is 0 Å². The maximum absolute atomic E-state index is 12.8. The first kappa shape index (κ1) is 23.8. The van der Waals surface area contributed by atoms with Crippen LogP contribution in [-0.4, -0.2) is 11.9 Å². The van der Waals surface area contributed by atoms with Crippen LogP contribution in [0.5, 0.6) is 0 Å². The molecule has 3 unspecified atom stereocenters. The lowest BCUT2D eigenvalue weighted by Crippen LogP contribution is -2.30. The van der Waals surface area contributed by atoms with Crippen LogP contribution in [0, 0.1) is 25.2 Å². The van der Waals surface area contributed by atoms with E-state index in [0.717, 1.165) is 51.4 Å². The quantitative estimate of drug-likeness (QED) is 0.477. The third-order valence-corrected chi connectivity index (χ3v) is 7.75. The minimum absolute atomic E-state index is 0.0740. The van der Waals surface area contributed by atoms with Crippen molar-refractivity contribution >= 4 is 11.9 Å². The van der Waals surface area contributed by atoms with Crippen LogP contribution < -0.4 is 0 Å². The fraction of sp³-hybridized carbons (Fsp3) is 0.704. The van der Waals surface area contributed by atoms with Crippen LogP contribution >= 0.6 is 0 Å². The van der Waals surface area contributed by atoms with E-state index in [1.807, 2.05) is 34.6 Å². The molecule has 172 valence electrons. The van der Waals surface area contributed by atoms with E-state index in [1.165, 1.54) is 33.4 Å². The molecule has 0 amide bonds. The molecule has 1 aromatic rings. The van der Waals surface area contributed by atoms with E-state index in [2.05, 4.69) is 13.8 Å². The highest BCUT2D eigenvalue weighted by Crippen LogP contribution is 2.46. The molecule has 2 aliphatic rings. The number of fused-ring (bicyclic) bond motifs is 2. The van der Waals surface area contributed by atoms with Crippen LogP contribution in [0.25, 0.3) is 0 Å². The van der Waals surface area contributed by atoms with Gasteiger partial charge in [0.25, 0.3) is 0 Å². The molecule has 0 radical (unpaired) electrons. The number of carbonyl (C=O) groups excluding carboxylic acids is 2. The molecule has 0 saturated carbocycles. The number of ether oxygens (including phenoxy) is 2. The van der Waals surface area contributed by atoms with E-state index in [9.17, 15) is 9.59 Å². The number of hydrogen-bond acceptors (Lipinski definition) is 4. The highest BCUT2D eigenvalue weighted by molar-refractivity contribution is 5.76. The van der Waals surface area contributed by atoms with E-state index in [0.29, 0.717) is 0 Å². The Morgan fingerprint density at radius 2 is 1.42 bits per heavy atom. The zero-order valence-corrected chi connectivity index (χ0v) is 20.5. The summed E-state index contributed by atoms with van der Waals surface area (Å²) in [7, 11) is 0. The van der Waals surface area contributed by atoms with Gasteiger partial charge in [0.15, 0.2) is 0 Å². The van der Waals surface area contributed by atoms with Gasteiger partial charge in [-0.05, 0) is 112 Å². The second kappa shape index (κ2) is 9.34. The average Bonchev–Trinajstić information content (AvgIpc) is 2.76. The van der Waals surface area contributed by atoms with E-state index >= 15 is 0 Å². The molecule has 31 heavy (non-hydrogen) atoms. The fourth-order valence-electron chi connectivity index (χ4n) is 5.01. The summed E-state index contributed by atoms with van der Waals surface area (Å²) in [5.74, 6) is -0.276. The predicted molar refractivity (Wildman–Crippen MR) is 123 cm³/mol. The second-order valence-electron chi connectivity index (χ2n) is 10.2. The van der Waals surface area contributed by atoms with Crippen molar-refractivity contribution in [2.45, 2.75) is 112 Å². The van der Waals surface area contributed by atoms with Gasteiger partial charge in [0, 0.05) is 0 Å². The Kier molecular flexibility index (Phi) is 7.18. The van der Waals surface area contributed by atoms with Gasteiger partial charge in [0.05, 0.1) is 11.3 Å². The van der Waals surface area contributed by atoms with Gasteiger partial charge in [-0.25, -0.2) is 0 Å². The van der Waals surface area contributed by atoms with Crippen molar-refractivity contribution in [1.82, 2.24) is 0 Å². The monoisotopic (exact) mass is 428 g/mol. The Labute approximate surface area is 188 Å². The average molecular weight is 429 g/mol. The minimum Gasteiger partial charge on any atom is -0.457 e. The first-order valence-electron chi connectivity index (χ1n) is 12.2. The van der Waals surface area contributed by atoms with Gasteiger partial charge in [-0.2, -0.15) is 0 Å². The zero-order valence-electron chi connectivity index (χ0n) is 20.5. The summed E-state index contributed by atoms with van der Waals surface area (Å²) >= 11 is 0. The summed E-state index contributed by atoms with van der Waals surface area (Å²) in [5, 5.41) is 0. The van der Waals surface area contributed by atoms with Crippen LogP contribution in [0.1, 0.15) is 119 Å². The first-order valence-corrected chi connectivity index (χ1v) is 12.2. The van der Waals surface area contributed by atoms with E-state index in [-0.39, 0.29) is 30.1 Å². The van der Waals surface area contributed by atoms with Crippen molar-refractivity contribution in [3.8, 4) is 0 Å². The molecule has 0 N–H and O–H groups in total. The lowest BCUT2D eigenvalue weighted by atomic mass is 9.74. The summed E-state index contributed by atoms with van der Waals surface area (Å²) in [5.41, 5.74) is 7.07. The van der Waals surface area contributed by atoms with Crippen LogP contribution in [-0.2, 0) is 31.9 Å². The summed E-state index contributed by atoms with van der Waals surface area (Å²) < 4.78 is 12.1. The van der Waals surface area contributed by atoms with Gasteiger partial charge >= 0.3 is 11.9 Å². The third kappa shape index (κ3) is 4.54. The van der Waals surface area contributed by atoms with Gasteiger partial charge in [-0.15, -0.1) is 0 Å². The standard InChI is InChI=1S/C27H40O4/c1-8-16(3)25(28)30-21-14-10-12-19-18(5)24-20(17(4)23(19)21)13-11-15-22(24)31-26(29)27(6,7)9-2/h16,21-22H,8-15H2,1-7H3. The normalized spacial score (nSPS) is 21.6. The molecule has 3 rings (SSSR count). The number of esters is 2. The Morgan fingerprint density at radius 1 is 0.935 bits per heavy atom. The number of carbonyl (C=O) groups is 2. The molecule has 0 heterocycles. The summed E-state index contributed by atoms with van der Waals surface area (Å²) in [6.45, 7) is 14.3. The van der Waals surface area contributed by atoms with Crippen LogP contribution in [0.3, 0.4) is 0 Å². The molecule has 2 aliphatic carbocycles. The Balaban J connectivity index is 2.00. The molecule has 0 bridgehead atoms. The summed E-state index contributed by atoms with van der Waals surface area (Å²) in [6.07, 6.45) is 7.00. The molecular weight excluding hydrogens is 388 g/mol. The number of hydrogen-bond donors (Lipinski definition) is 0. The lowest BCUT2D eigenvalue weighted by molar-refractivity contribution is -0.161. The van der Waals surface area contributed by atoms with E-state index in [1.54, 1.807) is 0 Å². The Bertz CT molecular complexity index is 852. The summed E-state index contributed by atoms with van der Waals surface area (Å²) in [4.78, 5) is 25.4. The minimum atomic E-state index is -0.468. The molecule has 4 heteroatoms. The van der Waals surface area contributed by atoms with Crippen molar-refractivity contribution in [2.75, 3.05) is 0 Å². The fourth-order valence-corrected chi connectivity index (χ4v) is 5.01. The SMILES string of the molecule is CCC(C)C(=O)OC1CCCc2c(C)c3c(c(C)c21)CCCC3OC(=O)C(C)(C)CC. The zero-order chi connectivity index (χ0) is 22.9. The molecule has 0 saturated heterocycles. The summed E-state index contributed by atoms with van der Waals surface area (Å²) in [6, 6.07) is 0. The van der Waals surface area contributed by atoms with Gasteiger partial charge < -0.3 is 9.47 Å². The van der Waals surface area contributed by atoms with Crippen molar-refractivity contribution in [3.05, 3.63) is 33.4 Å². The molecule has 3 atom stereocenters. The van der Waals surface area contributed by atoms with Crippen molar-refractivity contribution in [3.63, 3.8) is 0 Å².